The number of rotatable bonds is 9. The second-order valence-electron chi connectivity index (χ2n) is 8.88. The van der Waals surface area contributed by atoms with Crippen LogP contribution in [0.5, 0.6) is 5.75 Å². The molecule has 0 saturated carbocycles. The zero-order valence-electron chi connectivity index (χ0n) is 20.3. The van der Waals surface area contributed by atoms with Crippen molar-refractivity contribution in [3.8, 4) is 5.75 Å². The maximum Gasteiger partial charge on any atom is 0.331 e. The highest BCUT2D eigenvalue weighted by Crippen LogP contribution is 2.36. The fourth-order valence-corrected chi connectivity index (χ4v) is 6.57. The summed E-state index contributed by atoms with van der Waals surface area (Å²) >= 11 is 0. The Morgan fingerprint density at radius 3 is 2.38 bits per heavy atom. The lowest BCUT2D eigenvalue weighted by Crippen LogP contribution is -2.54. The average Bonchev–Trinajstić information content (AvgIpc) is 3.14. The number of hydroxylamine groups is 1. The fraction of sp³-hybridized carbons (Fsp3) is 0.400. The summed E-state index contributed by atoms with van der Waals surface area (Å²) in [6.45, 7) is 2.22. The van der Waals surface area contributed by atoms with Crippen LogP contribution >= 0.6 is 0 Å². The van der Waals surface area contributed by atoms with E-state index in [4.69, 9.17) is 14.7 Å². The Kier molecular flexibility index (Phi) is 7.81. The first kappa shape index (κ1) is 26.6. The highest BCUT2D eigenvalue weighted by Gasteiger charge is 2.52. The molecule has 0 bridgehead atoms. The first-order valence-electron chi connectivity index (χ1n) is 11.9. The van der Waals surface area contributed by atoms with E-state index < -0.39 is 26.5 Å². The molecule has 0 spiro atoms. The summed E-state index contributed by atoms with van der Waals surface area (Å²) in [5, 5.41) is 9.15. The van der Waals surface area contributed by atoms with Crippen LogP contribution in [0.4, 0.5) is 10.5 Å². The number of hydrogen-bond acceptors (Lipinski definition) is 8. The van der Waals surface area contributed by atoms with E-state index in [2.05, 4.69) is 0 Å². The lowest BCUT2D eigenvalue weighted by molar-refractivity contribution is -0.134. The van der Waals surface area contributed by atoms with Crippen molar-refractivity contribution in [2.75, 3.05) is 31.3 Å². The number of urea groups is 1. The van der Waals surface area contributed by atoms with Gasteiger partial charge in [0.1, 0.15) is 11.8 Å². The van der Waals surface area contributed by atoms with Crippen LogP contribution in [0.25, 0.3) is 0 Å². The molecule has 0 radical (unpaired) electrons. The Hall–Kier alpha value is -3.48. The third-order valence-corrected chi connectivity index (χ3v) is 9.26. The van der Waals surface area contributed by atoms with Crippen molar-refractivity contribution in [2.24, 2.45) is 0 Å². The van der Waals surface area contributed by atoms with E-state index in [0.29, 0.717) is 17.9 Å². The second kappa shape index (κ2) is 10.9. The molecule has 0 unspecified atom stereocenters. The summed E-state index contributed by atoms with van der Waals surface area (Å²) in [5.74, 6) is -0.871. The van der Waals surface area contributed by atoms with E-state index in [1.54, 1.807) is 31.2 Å². The molecule has 0 aromatic heterocycles. The molecule has 0 aliphatic carbocycles. The number of ether oxygens (including phenoxy) is 2. The number of carbonyl (C=O) groups is 3. The minimum atomic E-state index is -4.13. The number of anilines is 1. The highest BCUT2D eigenvalue weighted by atomic mass is 32.2. The number of nitrogens with zero attached hydrogens (tertiary/aromatic N) is 2. The van der Waals surface area contributed by atoms with E-state index in [1.165, 1.54) is 39.5 Å². The molecule has 198 valence electrons. The molecule has 12 heteroatoms. The molecule has 2 saturated heterocycles. The van der Waals surface area contributed by atoms with Gasteiger partial charge in [-0.2, -0.15) is 0 Å². The van der Waals surface area contributed by atoms with Gasteiger partial charge in [-0.1, -0.05) is 18.2 Å². The van der Waals surface area contributed by atoms with Gasteiger partial charge in [-0.15, -0.1) is 0 Å². The normalized spacial score (nSPS) is 19.7. The summed E-state index contributed by atoms with van der Waals surface area (Å²) in [6, 6.07) is 13.7. The topological polar surface area (TPSA) is 143 Å². The standard InChI is InChI=1S/C25H29N3O8S/c1-18-22(29)27(24(31)28(18)19-6-3-2-4-7-19)14-5-15-36-20-8-10-21(11-9-20)37(33,34)25(23(30)26-32)12-16-35-17-13-25/h2-4,6-11,18,32H,5,12-17H2,1H3,(H,26,30)/t18-/m1/s1. The fourth-order valence-electron chi connectivity index (χ4n) is 4.63. The SMILES string of the molecule is C[C@@H]1C(=O)N(CCCOc2ccc(S(=O)(=O)C3(C(=O)NO)CCOCC3)cc2)C(=O)N1c1ccccc1. The largest absolute Gasteiger partial charge is 0.494 e. The van der Waals surface area contributed by atoms with Crippen LogP contribution in [-0.2, 0) is 24.2 Å². The minimum Gasteiger partial charge on any atom is -0.494 e. The zero-order valence-corrected chi connectivity index (χ0v) is 21.1. The molecule has 4 rings (SSSR count). The number of hydrogen-bond donors (Lipinski definition) is 2. The number of nitrogens with one attached hydrogen (secondary N) is 1. The summed E-state index contributed by atoms with van der Waals surface area (Å²) < 4.78 is 35.7. The molecule has 2 aromatic carbocycles. The molecule has 1 atom stereocenters. The van der Waals surface area contributed by atoms with Gasteiger partial charge in [0.05, 0.1) is 11.5 Å². The highest BCUT2D eigenvalue weighted by molar-refractivity contribution is 7.93. The number of imide groups is 1. The molecule has 2 aliphatic rings. The van der Waals surface area contributed by atoms with Crippen LogP contribution in [0, 0.1) is 0 Å². The summed E-state index contributed by atoms with van der Waals surface area (Å²) in [5.41, 5.74) is 2.14. The number of sulfone groups is 1. The Bertz CT molecular complexity index is 1240. The smallest absolute Gasteiger partial charge is 0.331 e. The monoisotopic (exact) mass is 531 g/mol. The molecule has 37 heavy (non-hydrogen) atoms. The van der Waals surface area contributed by atoms with Crippen molar-refractivity contribution in [1.29, 1.82) is 0 Å². The van der Waals surface area contributed by atoms with E-state index in [-0.39, 0.29) is 56.0 Å². The predicted octanol–water partition coefficient (Wildman–Crippen LogP) is 2.14. The summed E-state index contributed by atoms with van der Waals surface area (Å²) in [7, 11) is -4.13. The van der Waals surface area contributed by atoms with Gasteiger partial charge in [0, 0.05) is 25.4 Å². The third-order valence-electron chi connectivity index (χ3n) is 6.74. The maximum absolute atomic E-state index is 13.3. The molecule has 2 fully saturated rings. The van der Waals surface area contributed by atoms with Crippen LogP contribution in [0.3, 0.4) is 0 Å². The van der Waals surface area contributed by atoms with Crippen molar-refractivity contribution in [3.63, 3.8) is 0 Å². The molecule has 11 nitrogen and oxygen atoms in total. The van der Waals surface area contributed by atoms with Gasteiger partial charge in [0.15, 0.2) is 14.6 Å². The van der Waals surface area contributed by atoms with Crippen LogP contribution in [-0.4, -0.2) is 73.5 Å². The molecular weight excluding hydrogens is 502 g/mol. The van der Waals surface area contributed by atoms with Gasteiger partial charge in [0.2, 0.25) is 0 Å². The van der Waals surface area contributed by atoms with E-state index in [0.717, 1.165) is 0 Å². The van der Waals surface area contributed by atoms with Gasteiger partial charge >= 0.3 is 6.03 Å². The average molecular weight is 532 g/mol. The summed E-state index contributed by atoms with van der Waals surface area (Å²) in [4.78, 5) is 40.4. The van der Waals surface area contributed by atoms with Gasteiger partial charge in [-0.05, 0) is 62.6 Å². The maximum atomic E-state index is 13.3. The van der Waals surface area contributed by atoms with Crippen LogP contribution in [0.1, 0.15) is 26.2 Å². The van der Waals surface area contributed by atoms with Crippen LogP contribution in [0.15, 0.2) is 59.5 Å². The summed E-state index contributed by atoms with van der Waals surface area (Å²) in [6.07, 6.45) is 0.231. The molecule has 2 heterocycles. The van der Waals surface area contributed by atoms with Crippen molar-refractivity contribution in [2.45, 2.75) is 41.9 Å². The third kappa shape index (κ3) is 4.91. The molecule has 2 aromatic rings. The lowest BCUT2D eigenvalue weighted by atomic mass is 9.98. The Labute approximate surface area is 214 Å². The van der Waals surface area contributed by atoms with Gasteiger partial charge in [-0.25, -0.2) is 18.7 Å². The van der Waals surface area contributed by atoms with E-state index >= 15 is 0 Å². The van der Waals surface area contributed by atoms with Gasteiger partial charge in [-0.3, -0.25) is 24.6 Å². The van der Waals surface area contributed by atoms with Gasteiger partial charge < -0.3 is 9.47 Å². The first-order chi connectivity index (χ1) is 17.7. The van der Waals surface area contributed by atoms with Crippen molar-refractivity contribution in [3.05, 3.63) is 54.6 Å². The Morgan fingerprint density at radius 1 is 1.11 bits per heavy atom. The lowest BCUT2D eigenvalue weighted by Gasteiger charge is -2.34. The predicted molar refractivity (Wildman–Crippen MR) is 132 cm³/mol. The van der Waals surface area contributed by atoms with Crippen LogP contribution in [0.2, 0.25) is 0 Å². The molecule has 4 amide bonds. The van der Waals surface area contributed by atoms with Crippen molar-refractivity contribution in [1.82, 2.24) is 10.4 Å². The molecule has 2 N–H and O–H groups in total. The number of benzene rings is 2. The van der Waals surface area contributed by atoms with Gasteiger partial charge in [0.25, 0.3) is 11.8 Å². The quantitative estimate of drug-likeness (QED) is 0.217. The number of amides is 4. The number of para-hydroxylation sites is 1. The molecule has 2 aliphatic heterocycles. The minimum absolute atomic E-state index is 0.0752. The zero-order chi connectivity index (χ0) is 26.6. The van der Waals surface area contributed by atoms with E-state index in [9.17, 15) is 22.8 Å². The Morgan fingerprint density at radius 2 is 1.76 bits per heavy atom. The molecular formula is C25H29N3O8S. The van der Waals surface area contributed by atoms with Crippen molar-refractivity contribution < 1.29 is 37.5 Å². The second-order valence-corrected chi connectivity index (χ2v) is 11.1. The first-order valence-corrected chi connectivity index (χ1v) is 13.4. The van der Waals surface area contributed by atoms with Crippen LogP contribution < -0.4 is 15.1 Å². The Balaban J connectivity index is 1.35. The number of carbonyl (C=O) groups excluding carboxylic acids is 3. The van der Waals surface area contributed by atoms with E-state index in [1.807, 2.05) is 6.07 Å². The van der Waals surface area contributed by atoms with Crippen molar-refractivity contribution >= 4 is 33.4 Å².